The fourth-order valence-electron chi connectivity index (χ4n) is 7.85. The largest absolute Gasteiger partial charge is 0.370 e. The molecule has 4 aromatic rings. The summed E-state index contributed by atoms with van der Waals surface area (Å²) in [5, 5.41) is 6.41. The molecule has 2 unspecified atom stereocenters. The molecule has 4 aliphatic rings. The van der Waals surface area contributed by atoms with Gasteiger partial charge in [-0.15, -0.1) is 0 Å². The summed E-state index contributed by atoms with van der Waals surface area (Å²) < 4.78 is 12.1. The Labute approximate surface area is 307 Å². The van der Waals surface area contributed by atoms with Crippen LogP contribution in [0.2, 0.25) is 0 Å². The van der Waals surface area contributed by atoms with Crippen molar-refractivity contribution < 1.29 is 28.4 Å². The van der Waals surface area contributed by atoms with Crippen LogP contribution < -0.4 is 15.1 Å². The molecule has 1 aliphatic carbocycles. The van der Waals surface area contributed by atoms with E-state index in [1.54, 1.807) is 12.1 Å². The van der Waals surface area contributed by atoms with Crippen LogP contribution in [0.1, 0.15) is 75.9 Å². The van der Waals surface area contributed by atoms with E-state index in [2.05, 4.69) is 81.4 Å². The smallest absolute Gasteiger partial charge is 0.262 e. The molecule has 3 fully saturated rings. The first kappa shape index (κ1) is 34.3. The molecule has 12 heteroatoms. The summed E-state index contributed by atoms with van der Waals surface area (Å²) in [6.07, 6.45) is 1.76. The fourth-order valence-corrected chi connectivity index (χ4v) is 7.85. The highest BCUT2D eigenvalue weighted by molar-refractivity contribution is 6.23. The Bertz CT molecular complexity index is 2190. The van der Waals surface area contributed by atoms with Crippen molar-refractivity contribution in [2.75, 3.05) is 29.4 Å². The highest BCUT2D eigenvalue weighted by atomic mass is 16.5. The first-order valence-electron chi connectivity index (χ1n) is 18.0. The number of rotatable bonds is 10. The van der Waals surface area contributed by atoms with Crippen molar-refractivity contribution in [3.8, 4) is 11.1 Å². The van der Waals surface area contributed by atoms with Crippen LogP contribution in [-0.2, 0) is 19.9 Å². The second kappa shape index (κ2) is 13.0. The van der Waals surface area contributed by atoms with E-state index in [9.17, 15) is 19.2 Å². The Balaban J connectivity index is 0.978. The van der Waals surface area contributed by atoms with Gasteiger partial charge < -0.3 is 23.9 Å². The molecule has 0 radical (unpaired) electrons. The third-order valence-corrected chi connectivity index (χ3v) is 11.0. The first-order valence-corrected chi connectivity index (χ1v) is 18.0. The predicted molar refractivity (Wildman–Crippen MR) is 197 cm³/mol. The van der Waals surface area contributed by atoms with Gasteiger partial charge in [0.05, 0.1) is 29.0 Å². The number of aromatic nitrogens is 1. The maximum atomic E-state index is 13.4. The Morgan fingerprint density at radius 1 is 1.00 bits per heavy atom. The summed E-state index contributed by atoms with van der Waals surface area (Å²) >= 11 is 0. The number of anilines is 3. The van der Waals surface area contributed by atoms with Crippen molar-refractivity contribution in [3.63, 3.8) is 0 Å². The molecule has 1 N–H and O–H groups in total. The van der Waals surface area contributed by atoms with Crippen LogP contribution in [0.15, 0.2) is 65.2 Å². The van der Waals surface area contributed by atoms with Crippen LogP contribution >= 0.6 is 0 Å². The molecule has 2 saturated heterocycles. The number of nitrogens with zero attached hydrogens (tertiary/aromatic N) is 5. The first-order chi connectivity index (χ1) is 25.5. The molecule has 1 aromatic heterocycles. The van der Waals surface area contributed by atoms with Crippen LogP contribution in [0.5, 0.6) is 0 Å². The lowest BCUT2D eigenvalue weighted by Gasteiger charge is -2.42. The molecule has 2 atom stereocenters. The van der Waals surface area contributed by atoms with E-state index in [-0.39, 0.29) is 41.7 Å². The van der Waals surface area contributed by atoms with Crippen LogP contribution in [0, 0.1) is 27.3 Å². The molecule has 12 nitrogen and oxygen atoms in total. The minimum Gasteiger partial charge on any atom is -0.370 e. The standard InChI is InChI=1S/C41H40N6O6/c1-23-6-7-27(37-25(3)44-53-26(37)4)18-35(23)46(29-10-8-28(9-11-29)41(42-5)16-17-41)20-24(2)52-31-21-45(22-31)30-12-13-32-33(19-30)40(51)47(39(32)50)34-14-15-36(48)43-38(34)49/h6-13,18-19,24,31,34H,14-17,20-22H2,1-4H3,(H,43,48,49). The van der Waals surface area contributed by atoms with Crippen molar-refractivity contribution in [3.05, 3.63) is 106 Å². The number of carbonyl (C=O) groups excluding carboxylic acids is 4. The Morgan fingerprint density at radius 2 is 1.74 bits per heavy atom. The maximum absolute atomic E-state index is 13.4. The number of aryl methyl sites for hydroxylation is 3. The number of carbonyl (C=O) groups is 4. The van der Waals surface area contributed by atoms with Crippen molar-refractivity contribution in [1.29, 1.82) is 0 Å². The van der Waals surface area contributed by atoms with Crippen LogP contribution in [0.25, 0.3) is 16.0 Å². The van der Waals surface area contributed by atoms with Crippen LogP contribution in [0.4, 0.5) is 17.1 Å². The molecular weight excluding hydrogens is 672 g/mol. The zero-order valence-electron chi connectivity index (χ0n) is 30.1. The number of fused-ring (bicyclic) bond motifs is 1. The van der Waals surface area contributed by atoms with Crippen molar-refractivity contribution in [1.82, 2.24) is 15.4 Å². The van der Waals surface area contributed by atoms with Gasteiger partial charge in [-0.05, 0) is 93.8 Å². The van der Waals surface area contributed by atoms with E-state index in [4.69, 9.17) is 15.8 Å². The summed E-state index contributed by atoms with van der Waals surface area (Å²) in [5.74, 6) is -1.31. The van der Waals surface area contributed by atoms with Gasteiger partial charge in [0.2, 0.25) is 11.8 Å². The summed E-state index contributed by atoms with van der Waals surface area (Å²) in [6, 6.07) is 18.9. The zero-order valence-corrected chi connectivity index (χ0v) is 30.1. The Morgan fingerprint density at radius 3 is 2.40 bits per heavy atom. The fraction of sp³-hybridized carbons (Fsp3) is 0.366. The van der Waals surface area contributed by atoms with Gasteiger partial charge in [-0.2, -0.15) is 0 Å². The average Bonchev–Trinajstić information content (AvgIpc) is 3.81. The van der Waals surface area contributed by atoms with Gasteiger partial charge in [-0.25, -0.2) is 6.57 Å². The number of nitrogens with one attached hydrogen (secondary N) is 1. The number of ether oxygens (including phenoxy) is 1. The van der Waals surface area contributed by atoms with Crippen molar-refractivity contribution >= 4 is 40.7 Å². The van der Waals surface area contributed by atoms with Gasteiger partial charge in [0.1, 0.15) is 11.8 Å². The van der Waals surface area contributed by atoms with E-state index in [0.717, 1.165) is 68.5 Å². The second-order valence-electron chi connectivity index (χ2n) is 14.7. The topological polar surface area (TPSA) is 130 Å². The molecule has 3 aromatic carbocycles. The molecule has 53 heavy (non-hydrogen) atoms. The van der Waals surface area contributed by atoms with Crippen LogP contribution in [-0.4, -0.2) is 71.6 Å². The van der Waals surface area contributed by atoms with Gasteiger partial charge >= 0.3 is 0 Å². The highest BCUT2D eigenvalue weighted by Gasteiger charge is 2.52. The van der Waals surface area contributed by atoms with Gasteiger partial charge in [-0.1, -0.05) is 17.3 Å². The predicted octanol–water partition coefficient (Wildman–Crippen LogP) is 6.01. The van der Waals surface area contributed by atoms with Crippen molar-refractivity contribution in [2.45, 2.75) is 77.2 Å². The number of piperidine rings is 1. The van der Waals surface area contributed by atoms with Crippen LogP contribution in [0.3, 0.4) is 0 Å². The van der Waals surface area contributed by atoms with Gasteiger partial charge in [0.15, 0.2) is 0 Å². The summed E-state index contributed by atoms with van der Waals surface area (Å²) in [5.41, 5.74) is 7.96. The minimum absolute atomic E-state index is 0.0529. The molecule has 270 valence electrons. The zero-order chi connectivity index (χ0) is 37.2. The third-order valence-electron chi connectivity index (χ3n) is 11.0. The molecule has 0 spiro atoms. The molecule has 1 saturated carbocycles. The van der Waals surface area contributed by atoms with E-state index < -0.39 is 29.7 Å². The Hall–Kier alpha value is -5.80. The lowest BCUT2D eigenvalue weighted by Crippen LogP contribution is -2.54. The SMILES string of the molecule is [C-]#[N+]C1(c2ccc(N(CC(C)OC3CN(c4ccc5c(c4)C(=O)N(C4CCC(=O)NC4=O)C5=O)C3)c3cc(-c4c(C)noc4C)ccc3C)cc2)CC1. The Kier molecular flexibility index (Phi) is 8.41. The maximum Gasteiger partial charge on any atom is 0.262 e. The monoisotopic (exact) mass is 712 g/mol. The second-order valence-corrected chi connectivity index (χ2v) is 14.7. The molecule has 3 aliphatic heterocycles. The number of amides is 4. The van der Waals surface area contributed by atoms with Gasteiger partial charge in [-0.3, -0.25) is 29.4 Å². The normalized spacial score (nSPS) is 19.8. The van der Waals surface area contributed by atoms with E-state index in [1.807, 2.05) is 19.9 Å². The molecular formula is C41H40N6O6. The molecule has 4 amide bonds. The highest BCUT2D eigenvalue weighted by Crippen LogP contribution is 2.50. The number of hydrogen-bond donors (Lipinski definition) is 1. The summed E-state index contributed by atoms with van der Waals surface area (Å²) in [7, 11) is 0. The quantitative estimate of drug-likeness (QED) is 0.155. The third kappa shape index (κ3) is 6.04. The van der Waals surface area contributed by atoms with Crippen molar-refractivity contribution in [2.24, 2.45) is 0 Å². The molecule has 0 bridgehead atoms. The lowest BCUT2D eigenvalue weighted by molar-refractivity contribution is -0.136. The van der Waals surface area contributed by atoms with Gasteiger partial charge in [0.25, 0.3) is 17.4 Å². The van der Waals surface area contributed by atoms with E-state index in [0.29, 0.717) is 19.6 Å². The van der Waals surface area contributed by atoms with E-state index >= 15 is 0 Å². The minimum atomic E-state index is -1.000. The summed E-state index contributed by atoms with van der Waals surface area (Å²) in [4.78, 5) is 59.9. The lowest BCUT2D eigenvalue weighted by atomic mass is 10.00. The van der Waals surface area contributed by atoms with Gasteiger partial charge in [0, 0.05) is 67.1 Å². The number of benzene rings is 3. The number of hydrogen-bond acceptors (Lipinski definition) is 9. The average molecular weight is 713 g/mol. The van der Waals surface area contributed by atoms with E-state index in [1.165, 1.54) is 0 Å². The number of imide groups is 2. The molecule has 8 rings (SSSR count). The summed E-state index contributed by atoms with van der Waals surface area (Å²) in [6.45, 7) is 17.5. The molecule has 4 heterocycles.